The van der Waals surface area contributed by atoms with Gasteiger partial charge in [0.15, 0.2) is 0 Å². The first-order valence-electron chi connectivity index (χ1n) is 11.3. The van der Waals surface area contributed by atoms with Crippen molar-refractivity contribution in [3.63, 3.8) is 0 Å². The Morgan fingerprint density at radius 1 is 1.29 bits per heavy atom. The molecule has 0 saturated carbocycles. The van der Waals surface area contributed by atoms with E-state index >= 15 is 0 Å². The molecule has 1 aromatic carbocycles. The smallest absolute Gasteiger partial charge is 0.287 e. The quantitative estimate of drug-likeness (QED) is 0.351. The number of halogens is 2. The normalized spacial score (nSPS) is 16.6. The number of pyridine rings is 1. The first-order chi connectivity index (χ1) is 16.8. The third-order valence-corrected chi connectivity index (χ3v) is 6.45. The van der Waals surface area contributed by atoms with Gasteiger partial charge in [0, 0.05) is 37.7 Å². The molecule has 1 saturated heterocycles. The number of benzene rings is 1. The molecule has 11 heteroatoms. The predicted molar refractivity (Wildman–Crippen MR) is 135 cm³/mol. The van der Waals surface area contributed by atoms with Crippen molar-refractivity contribution in [2.75, 3.05) is 23.3 Å². The number of carbonyl (C=O) groups excluding carboxylic acids is 1. The number of H-pyrrole nitrogens is 1. The molecule has 182 valence electrons. The van der Waals surface area contributed by atoms with Crippen molar-refractivity contribution in [1.82, 2.24) is 19.7 Å². The van der Waals surface area contributed by atoms with Gasteiger partial charge in [-0.3, -0.25) is 9.48 Å². The molecule has 4 heterocycles. The second kappa shape index (κ2) is 9.36. The molecule has 1 fully saturated rings. The molecule has 35 heavy (non-hydrogen) atoms. The number of fused-ring (bicyclic) bond motifs is 1. The lowest BCUT2D eigenvalue weighted by molar-refractivity contribution is 0.102. The lowest BCUT2D eigenvalue weighted by Crippen LogP contribution is -2.43. The Balaban J connectivity index is 1.47. The second-order valence-corrected chi connectivity index (χ2v) is 9.51. The van der Waals surface area contributed by atoms with Gasteiger partial charge in [0.25, 0.3) is 11.6 Å². The molecular formula is C24H26F2N7OP. The molecule has 3 aromatic heterocycles. The summed E-state index contributed by atoms with van der Waals surface area (Å²) < 4.78 is 30.9. The van der Waals surface area contributed by atoms with Crippen molar-refractivity contribution in [2.45, 2.75) is 31.1 Å². The number of anilines is 2. The number of piperidine rings is 1. The summed E-state index contributed by atoms with van der Waals surface area (Å²) in [5.41, 5.74) is 5.26. The second-order valence-electron chi connectivity index (χ2n) is 8.78. The van der Waals surface area contributed by atoms with E-state index < -0.39 is 11.6 Å². The summed E-state index contributed by atoms with van der Waals surface area (Å²) in [6, 6.07) is 9.66. The van der Waals surface area contributed by atoms with Crippen molar-refractivity contribution in [2.24, 2.45) is 5.73 Å². The molecule has 0 radical (unpaired) electrons. The number of nitrogens with one attached hydrogen (secondary N) is 2. The molecule has 0 spiro atoms. The molecule has 0 aliphatic carbocycles. The van der Waals surface area contributed by atoms with Crippen LogP contribution >= 0.6 is 9.24 Å². The maximum atomic E-state index is 14.6. The maximum absolute atomic E-state index is 14.6. The zero-order chi connectivity index (χ0) is 24.6. The van der Waals surface area contributed by atoms with Gasteiger partial charge in [-0.25, -0.2) is 4.98 Å². The summed E-state index contributed by atoms with van der Waals surface area (Å²) in [6.45, 7) is 1.56. The van der Waals surface area contributed by atoms with E-state index in [0.29, 0.717) is 47.6 Å². The van der Waals surface area contributed by atoms with Crippen molar-refractivity contribution in [3.05, 3.63) is 71.8 Å². The van der Waals surface area contributed by atoms with E-state index in [2.05, 4.69) is 20.4 Å². The summed E-state index contributed by atoms with van der Waals surface area (Å²) in [5, 5.41) is 7.57. The summed E-state index contributed by atoms with van der Waals surface area (Å²) in [7, 11) is 1.58. The Hall–Kier alpha value is -3.36. The van der Waals surface area contributed by atoms with E-state index in [1.165, 1.54) is 12.4 Å². The van der Waals surface area contributed by atoms with E-state index in [1.54, 1.807) is 26.3 Å². The summed E-state index contributed by atoms with van der Waals surface area (Å²) in [4.78, 5) is 22.1. The van der Waals surface area contributed by atoms with Gasteiger partial charge < -0.3 is 20.9 Å². The molecule has 4 N–H and O–H groups in total. The highest BCUT2D eigenvalue weighted by atomic mass is 31.0. The molecule has 1 aliphatic heterocycles. The first-order valence-corrected chi connectivity index (χ1v) is 11.9. The summed E-state index contributed by atoms with van der Waals surface area (Å²) in [5.74, 6) is -0.394. The largest absolute Gasteiger partial charge is 0.369 e. The highest BCUT2D eigenvalue weighted by molar-refractivity contribution is 7.17. The van der Waals surface area contributed by atoms with Crippen LogP contribution in [0.2, 0.25) is 0 Å². The number of alkyl halides is 2. The Kier molecular flexibility index (Phi) is 6.25. The number of hydrogen-bond acceptors (Lipinski definition) is 5. The van der Waals surface area contributed by atoms with E-state index in [0.717, 1.165) is 18.4 Å². The SMILES string of the molecule is NC1CCCN(c2c(C(F)(F)P)cnc3[nH]cc(NC(=O)c4cnn(Cc5ccccc5)c4)c23)C1. The van der Waals surface area contributed by atoms with Crippen LogP contribution in [0.15, 0.2) is 55.1 Å². The third-order valence-electron chi connectivity index (χ3n) is 6.14. The number of hydrogen-bond donors (Lipinski definition) is 3. The van der Waals surface area contributed by atoms with Crippen LogP contribution in [0.5, 0.6) is 0 Å². The predicted octanol–water partition coefficient (Wildman–Crippen LogP) is 3.91. The Bertz CT molecular complexity index is 1350. The number of aromatic nitrogens is 4. The molecule has 2 unspecified atom stereocenters. The molecule has 5 rings (SSSR count). The monoisotopic (exact) mass is 497 g/mol. The van der Waals surface area contributed by atoms with Crippen LogP contribution in [0.4, 0.5) is 20.2 Å². The van der Waals surface area contributed by atoms with Crippen LogP contribution in [-0.4, -0.2) is 44.8 Å². The summed E-state index contributed by atoms with van der Waals surface area (Å²) >= 11 is 0. The molecule has 1 aliphatic rings. The van der Waals surface area contributed by atoms with Gasteiger partial charge in [-0.05, 0) is 18.4 Å². The molecule has 4 aromatic rings. The number of rotatable bonds is 6. The molecular weight excluding hydrogens is 471 g/mol. The number of nitrogens with zero attached hydrogens (tertiary/aromatic N) is 4. The molecule has 8 nitrogen and oxygen atoms in total. The topological polar surface area (TPSA) is 105 Å². The van der Waals surface area contributed by atoms with Gasteiger partial charge in [0.05, 0.1) is 40.6 Å². The lowest BCUT2D eigenvalue weighted by atomic mass is 10.0. The van der Waals surface area contributed by atoms with Crippen LogP contribution in [0.1, 0.15) is 34.3 Å². The molecule has 2 atom stereocenters. The van der Waals surface area contributed by atoms with Gasteiger partial charge >= 0.3 is 0 Å². The third kappa shape index (κ3) is 4.90. The Labute approximate surface area is 203 Å². The Morgan fingerprint density at radius 2 is 2.09 bits per heavy atom. The van der Waals surface area contributed by atoms with E-state index in [4.69, 9.17) is 5.73 Å². The average molecular weight is 497 g/mol. The van der Waals surface area contributed by atoms with Gasteiger partial charge in [0.1, 0.15) is 5.65 Å². The number of amides is 1. The fourth-order valence-corrected chi connectivity index (χ4v) is 4.71. The van der Waals surface area contributed by atoms with Gasteiger partial charge in [-0.15, -0.1) is 0 Å². The number of nitrogens with two attached hydrogens (primary N) is 1. The average Bonchev–Trinajstić information content (AvgIpc) is 3.46. The standard InChI is InChI=1S/C24H26F2N7OP/c25-24(26,35)18-10-28-22-20(21(18)32-8-4-7-17(27)14-32)19(11-29-22)31-23(34)16-9-30-33(13-16)12-15-5-2-1-3-6-15/h1-3,5-6,9-11,13,17H,4,7-8,12,14,27,35H2,(H,28,29)(H,31,34). The zero-order valence-electron chi connectivity index (χ0n) is 18.9. The molecule has 0 bridgehead atoms. The lowest BCUT2D eigenvalue weighted by Gasteiger charge is -2.35. The summed E-state index contributed by atoms with van der Waals surface area (Å²) in [6.07, 6.45) is 7.52. The zero-order valence-corrected chi connectivity index (χ0v) is 20.1. The van der Waals surface area contributed by atoms with Gasteiger partial charge in [-0.1, -0.05) is 39.6 Å². The van der Waals surface area contributed by atoms with Crippen molar-refractivity contribution in [1.29, 1.82) is 0 Å². The van der Waals surface area contributed by atoms with Crippen LogP contribution in [0, 0.1) is 0 Å². The van der Waals surface area contributed by atoms with Crippen LogP contribution in [0.3, 0.4) is 0 Å². The van der Waals surface area contributed by atoms with E-state index in [-0.39, 0.29) is 11.6 Å². The van der Waals surface area contributed by atoms with Crippen molar-refractivity contribution >= 4 is 37.6 Å². The van der Waals surface area contributed by atoms with Crippen molar-refractivity contribution < 1.29 is 13.6 Å². The van der Waals surface area contributed by atoms with Crippen molar-refractivity contribution in [3.8, 4) is 0 Å². The minimum absolute atomic E-state index is 0.120. The highest BCUT2D eigenvalue weighted by Gasteiger charge is 2.34. The van der Waals surface area contributed by atoms with Crippen LogP contribution < -0.4 is 16.0 Å². The fraction of sp³-hybridized carbons (Fsp3) is 0.292. The minimum atomic E-state index is -3.20. The number of carbonyl (C=O) groups is 1. The Morgan fingerprint density at radius 3 is 2.83 bits per heavy atom. The molecule has 1 amide bonds. The fourth-order valence-electron chi connectivity index (χ4n) is 4.50. The maximum Gasteiger partial charge on any atom is 0.287 e. The minimum Gasteiger partial charge on any atom is -0.369 e. The first kappa shape index (κ1) is 23.4. The van der Waals surface area contributed by atoms with Gasteiger partial charge in [-0.2, -0.15) is 13.9 Å². The highest BCUT2D eigenvalue weighted by Crippen LogP contribution is 2.45. The van der Waals surface area contributed by atoms with E-state index in [9.17, 15) is 13.6 Å². The van der Waals surface area contributed by atoms with E-state index in [1.807, 2.05) is 35.2 Å². The van der Waals surface area contributed by atoms with Crippen LogP contribution in [-0.2, 0) is 12.2 Å². The van der Waals surface area contributed by atoms with Gasteiger partial charge in [0.2, 0.25) is 0 Å². The number of aromatic amines is 1. The van der Waals surface area contributed by atoms with Crippen LogP contribution in [0.25, 0.3) is 11.0 Å².